The molecule has 2 rings (SSSR count). The third-order valence-electron chi connectivity index (χ3n) is 2.84. The van der Waals surface area contributed by atoms with Crippen LogP contribution in [0.3, 0.4) is 0 Å². The molecule has 0 radical (unpaired) electrons. The van der Waals surface area contributed by atoms with Gasteiger partial charge in [-0.05, 0) is 43.5 Å². The van der Waals surface area contributed by atoms with Crippen LogP contribution >= 0.6 is 0 Å². The maximum Gasteiger partial charge on any atom is 0.329 e. The molecule has 1 heterocycles. The summed E-state index contributed by atoms with van der Waals surface area (Å²) in [6.07, 6.45) is 1.06. The van der Waals surface area contributed by atoms with Gasteiger partial charge in [0.05, 0.1) is 0 Å². The number of fused-ring (bicyclic) bond motifs is 1. The van der Waals surface area contributed by atoms with Gasteiger partial charge in [0.1, 0.15) is 11.4 Å². The molecule has 15 heavy (non-hydrogen) atoms. The zero-order valence-corrected chi connectivity index (χ0v) is 8.38. The molecule has 0 aliphatic carbocycles. The highest BCUT2D eigenvalue weighted by atomic mass is 19.1. The Labute approximate surface area is 86.9 Å². The summed E-state index contributed by atoms with van der Waals surface area (Å²) in [6.45, 7) is 1.64. The van der Waals surface area contributed by atoms with Gasteiger partial charge in [0, 0.05) is 5.69 Å². The summed E-state index contributed by atoms with van der Waals surface area (Å²) in [5.74, 6) is -1.16. The molecule has 0 fully saturated rings. The maximum absolute atomic E-state index is 12.9. The molecule has 1 aromatic carbocycles. The molecular formula is C11H12FNO2. The topological polar surface area (TPSA) is 49.3 Å². The number of aryl methyl sites for hydroxylation is 1. The predicted octanol–water partition coefficient (Wildman–Crippen LogP) is 2.03. The molecule has 0 amide bonds. The Bertz CT molecular complexity index is 419. The van der Waals surface area contributed by atoms with Gasteiger partial charge in [-0.2, -0.15) is 0 Å². The minimum Gasteiger partial charge on any atom is -0.480 e. The number of carbonyl (C=O) groups is 1. The molecule has 4 heteroatoms. The molecule has 1 aliphatic heterocycles. The molecule has 0 aromatic heterocycles. The van der Waals surface area contributed by atoms with E-state index in [0.717, 1.165) is 5.56 Å². The number of rotatable bonds is 1. The number of halogens is 1. The number of aliphatic carboxylic acids is 1. The molecule has 0 saturated heterocycles. The van der Waals surface area contributed by atoms with E-state index in [4.69, 9.17) is 5.11 Å². The number of hydrogen-bond donors (Lipinski definition) is 2. The van der Waals surface area contributed by atoms with Crippen molar-refractivity contribution in [1.82, 2.24) is 0 Å². The monoisotopic (exact) mass is 209 g/mol. The molecule has 80 valence electrons. The van der Waals surface area contributed by atoms with Gasteiger partial charge in [-0.1, -0.05) is 0 Å². The summed E-state index contributed by atoms with van der Waals surface area (Å²) < 4.78 is 12.9. The van der Waals surface area contributed by atoms with Crippen LogP contribution in [0.2, 0.25) is 0 Å². The SMILES string of the molecule is CC1(C(=O)O)CCc2cc(F)ccc2N1. The average molecular weight is 209 g/mol. The van der Waals surface area contributed by atoms with Crippen molar-refractivity contribution in [2.45, 2.75) is 25.3 Å². The third kappa shape index (κ3) is 1.67. The fourth-order valence-corrected chi connectivity index (χ4v) is 1.80. The Morgan fingerprint density at radius 1 is 1.60 bits per heavy atom. The Kier molecular flexibility index (Phi) is 2.14. The molecule has 3 nitrogen and oxygen atoms in total. The second kappa shape index (κ2) is 3.22. The number of hydrogen-bond acceptors (Lipinski definition) is 2. The van der Waals surface area contributed by atoms with E-state index in [1.807, 2.05) is 0 Å². The zero-order valence-electron chi connectivity index (χ0n) is 8.38. The Morgan fingerprint density at radius 2 is 2.33 bits per heavy atom. The normalized spacial score (nSPS) is 24.1. The second-order valence-corrected chi connectivity index (χ2v) is 4.06. The highest BCUT2D eigenvalue weighted by molar-refractivity contribution is 5.83. The summed E-state index contributed by atoms with van der Waals surface area (Å²) >= 11 is 0. The predicted molar refractivity (Wildman–Crippen MR) is 54.4 cm³/mol. The highest BCUT2D eigenvalue weighted by Crippen LogP contribution is 2.31. The van der Waals surface area contributed by atoms with Crippen LogP contribution in [0.4, 0.5) is 10.1 Å². The van der Waals surface area contributed by atoms with Gasteiger partial charge < -0.3 is 10.4 Å². The summed E-state index contributed by atoms with van der Waals surface area (Å²) in [6, 6.07) is 4.37. The van der Waals surface area contributed by atoms with E-state index in [9.17, 15) is 9.18 Å². The molecule has 1 aromatic rings. The van der Waals surface area contributed by atoms with E-state index in [0.29, 0.717) is 18.5 Å². The van der Waals surface area contributed by atoms with Crippen LogP contribution in [0.15, 0.2) is 18.2 Å². The quantitative estimate of drug-likeness (QED) is 0.744. The van der Waals surface area contributed by atoms with E-state index >= 15 is 0 Å². The van der Waals surface area contributed by atoms with Crippen molar-refractivity contribution >= 4 is 11.7 Å². The Hall–Kier alpha value is -1.58. The number of carboxylic acids is 1. The summed E-state index contributed by atoms with van der Waals surface area (Å²) in [5.41, 5.74) is 0.617. The fraction of sp³-hybridized carbons (Fsp3) is 0.364. The molecular weight excluding hydrogens is 197 g/mol. The van der Waals surface area contributed by atoms with Crippen LogP contribution in [0.1, 0.15) is 18.9 Å². The number of anilines is 1. The molecule has 0 bridgehead atoms. The minimum atomic E-state index is -0.940. The number of benzene rings is 1. The van der Waals surface area contributed by atoms with Gasteiger partial charge in [0.2, 0.25) is 0 Å². The van der Waals surface area contributed by atoms with Gasteiger partial charge in [-0.15, -0.1) is 0 Å². The standard InChI is InChI=1S/C11H12FNO2/c1-11(10(14)15)5-4-7-6-8(12)2-3-9(7)13-11/h2-3,6,13H,4-5H2,1H3,(H,14,15). The smallest absolute Gasteiger partial charge is 0.329 e. The van der Waals surface area contributed by atoms with E-state index in [-0.39, 0.29) is 5.82 Å². The molecule has 0 spiro atoms. The van der Waals surface area contributed by atoms with Gasteiger partial charge in [0.25, 0.3) is 0 Å². The van der Waals surface area contributed by atoms with Crippen LogP contribution in [0.5, 0.6) is 0 Å². The van der Waals surface area contributed by atoms with E-state index in [1.54, 1.807) is 13.0 Å². The summed E-state index contributed by atoms with van der Waals surface area (Å²) in [7, 11) is 0. The first-order chi connectivity index (χ1) is 7.01. The highest BCUT2D eigenvalue weighted by Gasteiger charge is 2.36. The lowest BCUT2D eigenvalue weighted by molar-refractivity contribution is -0.142. The van der Waals surface area contributed by atoms with Crippen molar-refractivity contribution in [3.05, 3.63) is 29.6 Å². The molecule has 0 saturated carbocycles. The van der Waals surface area contributed by atoms with Crippen LogP contribution in [0, 0.1) is 5.82 Å². The fourth-order valence-electron chi connectivity index (χ4n) is 1.80. The average Bonchev–Trinajstić information content (AvgIpc) is 2.18. The Balaban J connectivity index is 2.35. The zero-order chi connectivity index (χ0) is 11.1. The van der Waals surface area contributed by atoms with E-state index in [1.165, 1.54) is 12.1 Å². The van der Waals surface area contributed by atoms with Gasteiger partial charge in [0.15, 0.2) is 0 Å². The lowest BCUT2D eigenvalue weighted by Gasteiger charge is -2.33. The first-order valence-electron chi connectivity index (χ1n) is 4.81. The molecule has 1 aliphatic rings. The molecule has 2 N–H and O–H groups in total. The van der Waals surface area contributed by atoms with Crippen LogP contribution < -0.4 is 5.32 Å². The van der Waals surface area contributed by atoms with Crippen LogP contribution in [0.25, 0.3) is 0 Å². The first kappa shape index (κ1) is 9.96. The first-order valence-corrected chi connectivity index (χ1v) is 4.81. The Morgan fingerprint density at radius 3 is 3.00 bits per heavy atom. The van der Waals surface area contributed by atoms with Crippen molar-refractivity contribution in [2.75, 3.05) is 5.32 Å². The van der Waals surface area contributed by atoms with Gasteiger partial charge >= 0.3 is 5.97 Å². The van der Waals surface area contributed by atoms with Gasteiger partial charge in [-0.25, -0.2) is 9.18 Å². The maximum atomic E-state index is 12.9. The van der Waals surface area contributed by atoms with E-state index in [2.05, 4.69) is 5.32 Å². The van der Waals surface area contributed by atoms with Gasteiger partial charge in [-0.3, -0.25) is 0 Å². The summed E-state index contributed by atoms with van der Waals surface area (Å²) in [5, 5.41) is 12.0. The van der Waals surface area contributed by atoms with Crippen LogP contribution in [-0.4, -0.2) is 16.6 Å². The van der Waals surface area contributed by atoms with Crippen LogP contribution in [-0.2, 0) is 11.2 Å². The molecule has 1 unspecified atom stereocenters. The van der Waals surface area contributed by atoms with Crippen molar-refractivity contribution < 1.29 is 14.3 Å². The molecule has 1 atom stereocenters. The van der Waals surface area contributed by atoms with Crippen molar-refractivity contribution in [3.63, 3.8) is 0 Å². The number of nitrogens with one attached hydrogen (secondary N) is 1. The van der Waals surface area contributed by atoms with Crippen molar-refractivity contribution in [3.8, 4) is 0 Å². The lowest BCUT2D eigenvalue weighted by atomic mass is 9.88. The third-order valence-corrected chi connectivity index (χ3v) is 2.84. The number of carboxylic acid groups (broad SMARTS) is 1. The minimum absolute atomic E-state index is 0.283. The summed E-state index contributed by atoms with van der Waals surface area (Å²) in [4.78, 5) is 11.0. The lowest BCUT2D eigenvalue weighted by Crippen LogP contribution is -2.46. The van der Waals surface area contributed by atoms with Crippen molar-refractivity contribution in [2.24, 2.45) is 0 Å². The van der Waals surface area contributed by atoms with Crippen molar-refractivity contribution in [1.29, 1.82) is 0 Å². The van der Waals surface area contributed by atoms with E-state index < -0.39 is 11.5 Å². The second-order valence-electron chi connectivity index (χ2n) is 4.06. The largest absolute Gasteiger partial charge is 0.480 e.